The van der Waals surface area contributed by atoms with Gasteiger partial charge in [-0.2, -0.15) is 0 Å². The number of benzene rings is 1. The van der Waals surface area contributed by atoms with Gasteiger partial charge in [0.05, 0.1) is 12.7 Å². The third-order valence-corrected chi connectivity index (χ3v) is 2.81. The summed E-state index contributed by atoms with van der Waals surface area (Å²) in [7, 11) is 0. The second-order valence-electron chi connectivity index (χ2n) is 3.91. The third-order valence-electron chi connectivity index (χ3n) is 2.81. The van der Waals surface area contributed by atoms with E-state index in [1.807, 2.05) is 0 Å². The molecular weight excluding hydrogens is 195 g/mol. The van der Waals surface area contributed by atoms with Crippen LogP contribution in [0.15, 0.2) is 18.2 Å². The van der Waals surface area contributed by atoms with Crippen LogP contribution in [0.2, 0.25) is 0 Å². The zero-order valence-corrected chi connectivity index (χ0v) is 8.58. The Hall–Kier alpha value is -1.09. The molecule has 1 N–H and O–H groups in total. The van der Waals surface area contributed by atoms with E-state index in [-0.39, 0.29) is 24.3 Å². The van der Waals surface area contributed by atoms with Crippen molar-refractivity contribution in [1.29, 1.82) is 0 Å². The maximum absolute atomic E-state index is 13.5. The summed E-state index contributed by atoms with van der Waals surface area (Å²) in [5.74, 6) is -0.152. The molecule has 82 valence electrons. The van der Waals surface area contributed by atoms with Crippen LogP contribution in [0, 0.1) is 5.82 Å². The lowest BCUT2D eigenvalue weighted by atomic mass is 10.2. The van der Waals surface area contributed by atoms with E-state index in [1.165, 1.54) is 6.07 Å². The zero-order valence-electron chi connectivity index (χ0n) is 8.58. The van der Waals surface area contributed by atoms with Crippen molar-refractivity contribution in [2.24, 2.45) is 0 Å². The van der Waals surface area contributed by atoms with Gasteiger partial charge in [0.1, 0.15) is 0 Å². The van der Waals surface area contributed by atoms with Crippen molar-refractivity contribution in [3.05, 3.63) is 29.6 Å². The first-order valence-electron chi connectivity index (χ1n) is 5.36. The molecule has 0 unspecified atom stereocenters. The van der Waals surface area contributed by atoms with Crippen LogP contribution in [0.3, 0.4) is 0 Å². The van der Waals surface area contributed by atoms with Gasteiger partial charge in [-0.25, -0.2) is 4.39 Å². The topological polar surface area (TPSA) is 29.5 Å². The van der Waals surface area contributed by atoms with E-state index < -0.39 is 0 Å². The molecule has 0 saturated heterocycles. The van der Waals surface area contributed by atoms with Crippen LogP contribution in [-0.2, 0) is 6.61 Å². The summed E-state index contributed by atoms with van der Waals surface area (Å²) in [4.78, 5) is 0. The highest BCUT2D eigenvalue weighted by Gasteiger charge is 2.19. The molecule has 0 bridgehead atoms. The average Bonchev–Trinajstić information content (AvgIpc) is 2.74. The largest absolute Gasteiger partial charge is 0.487 e. The van der Waals surface area contributed by atoms with Crippen molar-refractivity contribution in [1.82, 2.24) is 0 Å². The van der Waals surface area contributed by atoms with E-state index in [1.54, 1.807) is 12.1 Å². The summed E-state index contributed by atoms with van der Waals surface area (Å²) in [5.41, 5.74) is 0.530. The third kappa shape index (κ3) is 2.29. The van der Waals surface area contributed by atoms with Crippen molar-refractivity contribution in [3.63, 3.8) is 0 Å². The molecule has 0 spiro atoms. The monoisotopic (exact) mass is 210 g/mol. The van der Waals surface area contributed by atoms with E-state index in [0.717, 1.165) is 25.7 Å². The Morgan fingerprint density at radius 3 is 2.73 bits per heavy atom. The quantitative estimate of drug-likeness (QED) is 0.831. The highest BCUT2D eigenvalue weighted by molar-refractivity contribution is 5.34. The van der Waals surface area contributed by atoms with Crippen LogP contribution in [0.1, 0.15) is 31.2 Å². The van der Waals surface area contributed by atoms with E-state index in [9.17, 15) is 4.39 Å². The minimum absolute atomic E-state index is 0.118. The fourth-order valence-electron chi connectivity index (χ4n) is 1.98. The van der Waals surface area contributed by atoms with Gasteiger partial charge < -0.3 is 9.84 Å². The predicted molar refractivity (Wildman–Crippen MR) is 55.2 cm³/mol. The first-order valence-corrected chi connectivity index (χ1v) is 5.36. The molecule has 15 heavy (non-hydrogen) atoms. The van der Waals surface area contributed by atoms with Gasteiger partial charge in [-0.1, -0.05) is 12.1 Å². The van der Waals surface area contributed by atoms with Gasteiger partial charge >= 0.3 is 0 Å². The Kier molecular flexibility index (Phi) is 3.21. The summed E-state index contributed by atoms with van der Waals surface area (Å²) in [6.07, 6.45) is 4.38. The molecule has 1 fully saturated rings. The fraction of sp³-hybridized carbons (Fsp3) is 0.500. The Bertz CT molecular complexity index is 332. The average molecular weight is 210 g/mol. The van der Waals surface area contributed by atoms with E-state index in [0.29, 0.717) is 5.56 Å². The van der Waals surface area contributed by atoms with Crippen LogP contribution in [0.5, 0.6) is 5.75 Å². The number of ether oxygens (including phenoxy) is 1. The molecule has 1 aliphatic rings. The summed E-state index contributed by atoms with van der Waals surface area (Å²) in [5, 5.41) is 9.07. The van der Waals surface area contributed by atoms with Crippen molar-refractivity contribution in [3.8, 4) is 5.75 Å². The lowest BCUT2D eigenvalue weighted by Gasteiger charge is -2.16. The molecule has 0 aromatic heterocycles. The standard InChI is InChI=1S/C12H15FO2/c13-11-7-3-4-9(8-14)12(11)15-10-5-1-2-6-10/h3-4,7,10,14H,1-2,5-6,8H2. The lowest BCUT2D eigenvalue weighted by Crippen LogP contribution is -2.13. The second-order valence-corrected chi connectivity index (χ2v) is 3.91. The Labute approximate surface area is 88.7 Å². The molecule has 1 aromatic rings. The normalized spacial score (nSPS) is 16.9. The summed E-state index contributed by atoms with van der Waals surface area (Å²) >= 11 is 0. The molecule has 0 atom stereocenters. The fourth-order valence-corrected chi connectivity index (χ4v) is 1.98. The zero-order chi connectivity index (χ0) is 10.7. The molecule has 1 saturated carbocycles. The number of hydrogen-bond donors (Lipinski definition) is 1. The van der Waals surface area contributed by atoms with Crippen LogP contribution in [0.25, 0.3) is 0 Å². The van der Waals surface area contributed by atoms with Crippen molar-refractivity contribution in [2.75, 3.05) is 0 Å². The van der Waals surface area contributed by atoms with Crippen molar-refractivity contribution >= 4 is 0 Å². The Balaban J connectivity index is 2.17. The highest BCUT2D eigenvalue weighted by Crippen LogP contribution is 2.28. The van der Waals surface area contributed by atoms with E-state index in [2.05, 4.69) is 0 Å². The number of aliphatic hydroxyl groups excluding tert-OH is 1. The second kappa shape index (κ2) is 4.62. The lowest BCUT2D eigenvalue weighted by molar-refractivity contribution is 0.190. The number of halogens is 1. The van der Waals surface area contributed by atoms with Crippen molar-refractivity contribution in [2.45, 2.75) is 38.4 Å². The molecule has 2 nitrogen and oxygen atoms in total. The molecule has 1 aliphatic carbocycles. The Morgan fingerprint density at radius 1 is 1.33 bits per heavy atom. The summed E-state index contributed by atoms with van der Waals surface area (Å²) < 4.78 is 19.0. The maximum atomic E-state index is 13.5. The van der Waals surface area contributed by atoms with Gasteiger partial charge in [-0.15, -0.1) is 0 Å². The number of hydrogen-bond acceptors (Lipinski definition) is 2. The van der Waals surface area contributed by atoms with Gasteiger partial charge in [0, 0.05) is 5.56 Å². The van der Waals surface area contributed by atoms with Crippen LogP contribution >= 0.6 is 0 Å². The van der Waals surface area contributed by atoms with Gasteiger partial charge in [-0.05, 0) is 31.7 Å². The smallest absolute Gasteiger partial charge is 0.165 e. The van der Waals surface area contributed by atoms with Crippen LogP contribution < -0.4 is 4.74 Å². The van der Waals surface area contributed by atoms with Crippen LogP contribution in [0.4, 0.5) is 4.39 Å². The van der Waals surface area contributed by atoms with E-state index in [4.69, 9.17) is 9.84 Å². The summed E-state index contributed by atoms with van der Waals surface area (Å²) in [6.45, 7) is -0.181. The molecule has 3 heteroatoms. The predicted octanol–water partition coefficient (Wildman–Crippen LogP) is 2.64. The minimum Gasteiger partial charge on any atom is -0.487 e. The Morgan fingerprint density at radius 2 is 2.07 bits per heavy atom. The van der Waals surface area contributed by atoms with Gasteiger partial charge in [0.25, 0.3) is 0 Å². The number of aliphatic hydroxyl groups is 1. The molecule has 1 aromatic carbocycles. The number of para-hydroxylation sites is 1. The molecule has 0 amide bonds. The maximum Gasteiger partial charge on any atom is 0.165 e. The van der Waals surface area contributed by atoms with Crippen LogP contribution in [-0.4, -0.2) is 11.2 Å². The molecule has 0 heterocycles. The van der Waals surface area contributed by atoms with Crippen molar-refractivity contribution < 1.29 is 14.2 Å². The van der Waals surface area contributed by atoms with E-state index >= 15 is 0 Å². The highest BCUT2D eigenvalue weighted by atomic mass is 19.1. The molecular formula is C12H15FO2. The summed E-state index contributed by atoms with van der Waals surface area (Å²) in [6, 6.07) is 4.64. The minimum atomic E-state index is -0.381. The van der Waals surface area contributed by atoms with Gasteiger partial charge in [0.2, 0.25) is 0 Å². The first kappa shape index (κ1) is 10.4. The number of rotatable bonds is 3. The molecule has 2 rings (SSSR count). The first-order chi connectivity index (χ1) is 7.31. The molecule has 0 aliphatic heterocycles. The SMILES string of the molecule is OCc1cccc(F)c1OC1CCCC1. The molecule has 0 radical (unpaired) electrons. The van der Waals surface area contributed by atoms with Gasteiger partial charge in [0.15, 0.2) is 11.6 Å². The van der Waals surface area contributed by atoms with Gasteiger partial charge in [-0.3, -0.25) is 0 Å².